The van der Waals surface area contributed by atoms with Crippen molar-refractivity contribution in [2.24, 2.45) is 0 Å². The van der Waals surface area contributed by atoms with E-state index in [1.807, 2.05) is 12.1 Å². The summed E-state index contributed by atoms with van der Waals surface area (Å²) in [5.74, 6) is 0. The topological polar surface area (TPSA) is 49.9 Å². The highest BCUT2D eigenvalue weighted by molar-refractivity contribution is 6.09. The highest BCUT2D eigenvalue weighted by atomic mass is 14.6. The van der Waals surface area contributed by atoms with Crippen LogP contribution in [0.25, 0.3) is 0 Å². The van der Waals surface area contributed by atoms with Crippen molar-refractivity contribution in [2.75, 3.05) is 5.73 Å². The summed E-state index contributed by atoms with van der Waals surface area (Å²) in [6.07, 6.45) is 1.48. The normalized spacial score (nSPS) is 9.09. The first-order valence-electron chi connectivity index (χ1n) is 3.31. The van der Waals surface area contributed by atoms with Crippen LogP contribution in [0.3, 0.4) is 0 Å². The maximum atomic E-state index is 7.42. The van der Waals surface area contributed by atoms with Crippen LogP contribution in [0, 0.1) is 5.41 Å². The first-order valence-corrected chi connectivity index (χ1v) is 3.31. The van der Waals surface area contributed by atoms with Gasteiger partial charge in [0.25, 0.3) is 0 Å². The lowest BCUT2D eigenvalue weighted by Crippen LogP contribution is -1.99. The minimum Gasteiger partial charge on any atom is -0.398 e. The third-order valence-electron chi connectivity index (χ3n) is 1.46. The van der Waals surface area contributed by atoms with E-state index in [2.05, 4.69) is 6.58 Å². The summed E-state index contributed by atoms with van der Waals surface area (Å²) < 4.78 is 0. The lowest BCUT2D eigenvalue weighted by atomic mass is 10.1. The summed E-state index contributed by atoms with van der Waals surface area (Å²) in [6.45, 7) is 3.50. The molecule has 11 heavy (non-hydrogen) atoms. The van der Waals surface area contributed by atoms with E-state index in [-0.39, 0.29) is 0 Å². The molecule has 0 aliphatic heterocycles. The molecule has 0 aliphatic rings. The predicted octanol–water partition coefficient (Wildman–Crippen LogP) is 1.82. The van der Waals surface area contributed by atoms with Crippen LogP contribution >= 0.6 is 0 Å². The van der Waals surface area contributed by atoms with Gasteiger partial charge in [-0.3, -0.25) is 0 Å². The molecule has 2 nitrogen and oxygen atoms in total. The zero-order chi connectivity index (χ0) is 8.27. The average Bonchev–Trinajstić information content (AvgIpc) is 2.04. The molecule has 0 bridgehead atoms. The highest BCUT2D eigenvalue weighted by Crippen LogP contribution is 2.10. The van der Waals surface area contributed by atoms with Crippen molar-refractivity contribution in [3.8, 4) is 0 Å². The number of anilines is 1. The van der Waals surface area contributed by atoms with Gasteiger partial charge in [0.15, 0.2) is 0 Å². The Labute approximate surface area is 65.9 Å². The molecule has 0 aromatic heterocycles. The molecule has 3 N–H and O–H groups in total. The maximum absolute atomic E-state index is 7.42. The lowest BCUT2D eigenvalue weighted by Gasteiger charge is -2.01. The van der Waals surface area contributed by atoms with Crippen LogP contribution in [0.5, 0.6) is 0 Å². The summed E-state index contributed by atoms with van der Waals surface area (Å²) in [4.78, 5) is 0. The third-order valence-corrected chi connectivity index (χ3v) is 1.46. The second kappa shape index (κ2) is 3.01. The Balaban J connectivity index is 3.13. The number of hydrogen-bond donors (Lipinski definition) is 2. The monoisotopic (exact) mass is 146 g/mol. The molecule has 1 rings (SSSR count). The van der Waals surface area contributed by atoms with Crippen LogP contribution in [-0.2, 0) is 0 Å². The van der Waals surface area contributed by atoms with Gasteiger partial charge >= 0.3 is 0 Å². The molecule has 1 aromatic carbocycles. The van der Waals surface area contributed by atoms with Gasteiger partial charge in [-0.2, -0.15) is 0 Å². The quantitative estimate of drug-likeness (QED) is 0.485. The van der Waals surface area contributed by atoms with Crippen molar-refractivity contribution in [1.82, 2.24) is 0 Å². The van der Waals surface area contributed by atoms with E-state index >= 15 is 0 Å². The fourth-order valence-corrected chi connectivity index (χ4v) is 0.852. The molecule has 0 unspecified atom stereocenters. The van der Waals surface area contributed by atoms with E-state index in [1.54, 1.807) is 12.1 Å². The van der Waals surface area contributed by atoms with Crippen LogP contribution in [0.2, 0.25) is 0 Å². The van der Waals surface area contributed by atoms with Crippen molar-refractivity contribution >= 4 is 11.4 Å². The summed E-state index contributed by atoms with van der Waals surface area (Å²) in [5.41, 5.74) is 7.33. The number of nitrogens with two attached hydrogens (primary N) is 1. The molecule has 0 heterocycles. The zero-order valence-electron chi connectivity index (χ0n) is 6.17. The zero-order valence-corrected chi connectivity index (χ0v) is 6.17. The Kier molecular flexibility index (Phi) is 2.06. The highest BCUT2D eigenvalue weighted by Gasteiger charge is 1.98. The molecule has 0 fully saturated rings. The Morgan fingerprint density at radius 1 is 1.45 bits per heavy atom. The molecular formula is C9H10N2. The summed E-state index contributed by atoms with van der Waals surface area (Å²) >= 11 is 0. The first kappa shape index (κ1) is 7.54. The first-order chi connectivity index (χ1) is 5.25. The summed E-state index contributed by atoms with van der Waals surface area (Å²) in [5, 5.41) is 7.42. The second-order valence-corrected chi connectivity index (χ2v) is 2.21. The predicted molar refractivity (Wildman–Crippen MR) is 47.9 cm³/mol. The Hall–Kier alpha value is -1.57. The van der Waals surface area contributed by atoms with Gasteiger partial charge in [0, 0.05) is 11.3 Å². The van der Waals surface area contributed by atoms with Crippen LogP contribution in [0.1, 0.15) is 5.56 Å². The smallest absolute Gasteiger partial charge is 0.0627 e. The number of nitrogens with one attached hydrogen (secondary N) is 1. The molecule has 0 amide bonds. The van der Waals surface area contributed by atoms with Crippen LogP contribution < -0.4 is 5.73 Å². The van der Waals surface area contributed by atoms with E-state index in [0.717, 1.165) is 5.56 Å². The minimum absolute atomic E-state index is 0.364. The number of allylic oxidation sites excluding steroid dienone is 1. The number of nitrogen functional groups attached to an aromatic ring is 1. The van der Waals surface area contributed by atoms with Crippen molar-refractivity contribution < 1.29 is 0 Å². The number of hydrogen-bond acceptors (Lipinski definition) is 2. The number of para-hydroxylation sites is 1. The largest absolute Gasteiger partial charge is 0.398 e. The molecule has 0 spiro atoms. The maximum Gasteiger partial charge on any atom is 0.0627 e. The Morgan fingerprint density at radius 3 is 2.64 bits per heavy atom. The van der Waals surface area contributed by atoms with Gasteiger partial charge in [-0.15, -0.1) is 0 Å². The van der Waals surface area contributed by atoms with E-state index < -0.39 is 0 Å². The molecule has 0 saturated carbocycles. The molecule has 2 heteroatoms. The van der Waals surface area contributed by atoms with Crippen molar-refractivity contribution in [3.05, 3.63) is 42.5 Å². The standard InChI is InChI=1S/C9H10N2/c1-2-8(10)7-5-3-4-6-9(7)11/h2-6,10H,1,11H2. The summed E-state index contributed by atoms with van der Waals surface area (Å²) in [7, 11) is 0. The van der Waals surface area contributed by atoms with Gasteiger partial charge in [-0.1, -0.05) is 24.8 Å². The van der Waals surface area contributed by atoms with E-state index in [1.165, 1.54) is 6.08 Å². The van der Waals surface area contributed by atoms with Crippen molar-refractivity contribution in [3.63, 3.8) is 0 Å². The molecule has 1 aromatic rings. The number of rotatable bonds is 2. The van der Waals surface area contributed by atoms with Gasteiger partial charge in [0.2, 0.25) is 0 Å². The summed E-state index contributed by atoms with van der Waals surface area (Å²) in [6, 6.07) is 7.27. The van der Waals surface area contributed by atoms with Gasteiger partial charge in [-0.25, -0.2) is 0 Å². The van der Waals surface area contributed by atoms with Crippen molar-refractivity contribution in [1.29, 1.82) is 5.41 Å². The number of benzene rings is 1. The fraction of sp³-hybridized carbons (Fsp3) is 0. The Morgan fingerprint density at radius 2 is 2.09 bits per heavy atom. The third kappa shape index (κ3) is 1.46. The van der Waals surface area contributed by atoms with E-state index in [4.69, 9.17) is 11.1 Å². The lowest BCUT2D eigenvalue weighted by molar-refractivity contribution is 1.49. The molecule has 0 saturated heterocycles. The molecule has 0 radical (unpaired) electrons. The SMILES string of the molecule is C=CC(=N)c1ccccc1N. The van der Waals surface area contributed by atoms with Crippen LogP contribution in [0.15, 0.2) is 36.9 Å². The van der Waals surface area contributed by atoms with Crippen LogP contribution in [0.4, 0.5) is 5.69 Å². The fourth-order valence-electron chi connectivity index (χ4n) is 0.852. The molecular weight excluding hydrogens is 136 g/mol. The van der Waals surface area contributed by atoms with Gasteiger partial charge in [0.1, 0.15) is 0 Å². The van der Waals surface area contributed by atoms with Gasteiger partial charge in [0.05, 0.1) is 5.71 Å². The second-order valence-electron chi connectivity index (χ2n) is 2.21. The molecule has 0 atom stereocenters. The average molecular weight is 146 g/mol. The molecule has 56 valence electrons. The van der Waals surface area contributed by atoms with E-state index in [9.17, 15) is 0 Å². The van der Waals surface area contributed by atoms with Gasteiger partial charge in [-0.05, 0) is 12.1 Å². The van der Waals surface area contributed by atoms with Gasteiger partial charge < -0.3 is 11.1 Å². The minimum atomic E-state index is 0.364. The van der Waals surface area contributed by atoms with Crippen LogP contribution in [-0.4, -0.2) is 5.71 Å². The Bertz CT molecular complexity index is 289. The van der Waals surface area contributed by atoms with E-state index in [0.29, 0.717) is 11.4 Å². The van der Waals surface area contributed by atoms with Crippen molar-refractivity contribution in [2.45, 2.75) is 0 Å². The molecule has 0 aliphatic carbocycles.